The van der Waals surface area contributed by atoms with Crippen molar-refractivity contribution in [1.29, 1.82) is 0 Å². The number of para-hydroxylation sites is 1. The van der Waals surface area contributed by atoms with E-state index in [0.717, 1.165) is 61.9 Å². The van der Waals surface area contributed by atoms with Gasteiger partial charge >= 0.3 is 0 Å². The summed E-state index contributed by atoms with van der Waals surface area (Å²) in [5, 5.41) is 0. The van der Waals surface area contributed by atoms with Crippen LogP contribution in [0.5, 0.6) is 11.5 Å². The highest BCUT2D eigenvalue weighted by Crippen LogP contribution is 2.53. The Balaban J connectivity index is 1.07. The third-order valence-electron chi connectivity index (χ3n) is 12.5. The maximum atomic E-state index is 9.16. The molecule has 0 unspecified atom stereocenters. The highest BCUT2D eigenvalue weighted by molar-refractivity contribution is 6.02. The number of benzene rings is 7. The molecule has 0 fully saturated rings. The van der Waals surface area contributed by atoms with E-state index in [1.54, 1.807) is 24.4 Å². The van der Waals surface area contributed by atoms with Gasteiger partial charge in [0.05, 0.1) is 42.1 Å². The van der Waals surface area contributed by atoms with E-state index in [9.17, 15) is 0 Å². The molecule has 4 heterocycles. The Morgan fingerprint density at radius 1 is 0.493 bits per heavy atom. The molecule has 0 aliphatic carbocycles. The van der Waals surface area contributed by atoms with Crippen LogP contribution in [0.1, 0.15) is 66.4 Å². The summed E-state index contributed by atoms with van der Waals surface area (Å²) in [5.74, 6) is 1.85. The first-order chi connectivity index (χ1) is 36.6. The first kappa shape index (κ1) is 31.8. The summed E-state index contributed by atoms with van der Waals surface area (Å²) in [6.45, 7) is 13.0. The van der Waals surface area contributed by atoms with Gasteiger partial charge in [0.1, 0.15) is 24.0 Å². The minimum atomic E-state index is -0.555. The molecule has 0 N–H and O–H groups in total. The van der Waals surface area contributed by atoms with E-state index in [0.29, 0.717) is 22.9 Å². The van der Waals surface area contributed by atoms with Crippen LogP contribution in [0.25, 0.3) is 44.5 Å². The van der Waals surface area contributed by atoms with Gasteiger partial charge in [-0.1, -0.05) is 157 Å². The van der Waals surface area contributed by atoms with E-state index in [-0.39, 0.29) is 39.8 Å². The lowest BCUT2D eigenvalue weighted by Gasteiger charge is -2.28. The molecule has 7 aromatic carbocycles. The normalized spacial score (nSPS) is 15.2. The van der Waals surface area contributed by atoms with Crippen molar-refractivity contribution in [2.75, 3.05) is 21.4 Å². The second kappa shape index (κ2) is 16.5. The number of hydrogen-bond donors (Lipinski definition) is 0. The molecule has 0 atom stereocenters. The molecule has 6 nitrogen and oxygen atoms in total. The summed E-state index contributed by atoms with van der Waals surface area (Å²) in [6, 6.07) is 34.3. The zero-order valence-electron chi connectivity index (χ0n) is 48.1. The van der Waals surface area contributed by atoms with E-state index < -0.39 is 60.4 Å². The summed E-state index contributed by atoms with van der Waals surface area (Å²) < 4.78 is 95.1. The Labute approximate surface area is 408 Å². The Morgan fingerprint density at radius 2 is 1.13 bits per heavy atom. The summed E-state index contributed by atoms with van der Waals surface area (Å²) >= 11 is 0. The van der Waals surface area contributed by atoms with Crippen molar-refractivity contribution in [2.45, 2.75) is 52.4 Å². The lowest BCUT2D eigenvalue weighted by atomic mass is 9.86. The predicted molar refractivity (Wildman–Crippen MR) is 278 cm³/mol. The molecule has 6 heteroatoms. The van der Waals surface area contributed by atoms with Crippen LogP contribution in [-0.2, 0) is 10.8 Å². The van der Waals surface area contributed by atoms with Crippen LogP contribution in [0.15, 0.2) is 200 Å². The largest absolute Gasteiger partial charge is 0.457 e. The fourth-order valence-electron chi connectivity index (χ4n) is 9.11. The first-order valence-electron chi connectivity index (χ1n) is 27.3. The van der Waals surface area contributed by atoms with Gasteiger partial charge < -0.3 is 14.5 Å². The first-order valence-corrected chi connectivity index (χ1v) is 22.3. The van der Waals surface area contributed by atoms with Gasteiger partial charge in [-0.05, 0) is 98.8 Å². The van der Waals surface area contributed by atoms with Crippen LogP contribution < -0.4 is 19.4 Å². The van der Waals surface area contributed by atoms with Gasteiger partial charge in [-0.15, -0.1) is 0 Å². The van der Waals surface area contributed by atoms with E-state index in [1.165, 1.54) is 0 Å². The van der Waals surface area contributed by atoms with Gasteiger partial charge in [-0.2, -0.15) is 0 Å². The van der Waals surface area contributed by atoms with E-state index in [2.05, 4.69) is 92.7 Å². The molecule has 328 valence electrons. The van der Waals surface area contributed by atoms with Gasteiger partial charge in [0.15, 0.2) is 0 Å². The van der Waals surface area contributed by atoms with Crippen LogP contribution in [0.4, 0.5) is 39.9 Å². The molecule has 2 aromatic heterocycles. The zero-order valence-corrected chi connectivity index (χ0v) is 38.1. The molecule has 11 rings (SSSR count). The molecule has 0 saturated heterocycles. The molecule has 9 aromatic rings. The van der Waals surface area contributed by atoms with Gasteiger partial charge in [0.2, 0.25) is 0 Å². The minimum absolute atomic E-state index is 0.0931. The van der Waals surface area contributed by atoms with Crippen molar-refractivity contribution in [3.05, 3.63) is 211 Å². The van der Waals surface area contributed by atoms with Gasteiger partial charge in [0, 0.05) is 58.7 Å². The lowest BCUT2D eigenvalue weighted by Crippen LogP contribution is -2.25. The van der Waals surface area contributed by atoms with Crippen LogP contribution in [0.2, 0.25) is 0 Å². The van der Waals surface area contributed by atoms with Crippen molar-refractivity contribution in [1.82, 2.24) is 9.97 Å². The van der Waals surface area contributed by atoms with Gasteiger partial charge in [-0.3, -0.25) is 9.88 Å². The topological polar surface area (TPSA) is 44.7 Å². The second-order valence-corrected chi connectivity index (χ2v) is 18.9. The number of pyridine rings is 2. The highest BCUT2D eigenvalue weighted by atomic mass is 16.5. The van der Waals surface area contributed by atoms with Crippen molar-refractivity contribution < 1.29 is 18.4 Å². The quantitative estimate of drug-likeness (QED) is 0.159. The molecule has 0 radical (unpaired) electrons. The predicted octanol–water partition coefficient (Wildman–Crippen LogP) is 16.6. The molecule has 0 amide bonds. The number of ether oxygens (including phenoxy) is 1. The minimum Gasteiger partial charge on any atom is -0.457 e. The summed E-state index contributed by atoms with van der Waals surface area (Å²) in [6.07, 6.45) is 5.55. The Kier molecular flexibility index (Phi) is 7.83. The summed E-state index contributed by atoms with van der Waals surface area (Å²) in [5.41, 5.74) is 10.2. The van der Waals surface area contributed by atoms with Gasteiger partial charge in [0.25, 0.3) is 0 Å². The van der Waals surface area contributed by atoms with E-state index in [1.807, 2.05) is 84.0 Å². The summed E-state index contributed by atoms with van der Waals surface area (Å²) in [4.78, 5) is 15.7. The Hall–Kier alpha value is -7.96. The molecular formula is C61H53N5O. The fourth-order valence-corrected chi connectivity index (χ4v) is 9.11. The Bertz CT molecular complexity index is 3760. The van der Waals surface area contributed by atoms with Crippen molar-refractivity contribution >= 4 is 39.9 Å². The Morgan fingerprint density at radius 3 is 1.84 bits per heavy atom. The number of hydrogen-bond acceptors (Lipinski definition) is 6. The standard InChI is InChI=1S/C61H53N5O/c1-60(2,3)43-27-30-55-57(35-43)64(40-65(55)59-48(41-17-9-7-10-18-41)25-16-26-49(59)42-19-11-8-12-20-42)45-21-15-22-46(37-45)67-47-28-29-52-50-23-13-14-24-51(50)53-39-62-33-32-54(53)66(56(52)38-47)58-36-44(31-34-63-58)61(4,5)6/h7-39H,40H2,1-6H3/i7D,8D,9D,10D,11D,12D,17D,18D,19D,20D. The smallest absolute Gasteiger partial charge is 0.137 e. The molecule has 0 saturated carbocycles. The zero-order chi connectivity index (χ0) is 54.6. The van der Waals surface area contributed by atoms with Crippen molar-refractivity contribution in [2.24, 2.45) is 0 Å². The molecule has 67 heavy (non-hydrogen) atoms. The SMILES string of the molecule is [2H]c1c([2H])c([2H])c(-c2cccc(-c3c([2H])c([2H])c([2H])c([2H])c3[2H])c2N2CN(c3cccc(Oc4ccc5c(c4)N(c4cc(C(C)(C)C)ccn4)c4ccncc4-c4ccccc4-5)c3)c3cc(C(C)(C)C)ccc32)c([2H])c1[2H]. The number of nitrogens with zero attached hydrogens (tertiary/aromatic N) is 5. The van der Waals surface area contributed by atoms with Crippen LogP contribution in [0.3, 0.4) is 0 Å². The van der Waals surface area contributed by atoms with E-state index >= 15 is 0 Å². The van der Waals surface area contributed by atoms with Gasteiger partial charge in [-0.25, -0.2) is 4.98 Å². The molecule has 2 aliphatic heterocycles. The van der Waals surface area contributed by atoms with Crippen LogP contribution >= 0.6 is 0 Å². The third kappa shape index (κ3) is 7.68. The number of anilines is 7. The van der Waals surface area contributed by atoms with Crippen LogP contribution in [0, 0.1) is 0 Å². The fraction of sp³-hybridized carbons (Fsp3) is 0.148. The van der Waals surface area contributed by atoms with Crippen molar-refractivity contribution in [3.8, 4) is 56.0 Å². The molecule has 0 bridgehead atoms. The van der Waals surface area contributed by atoms with Crippen LogP contribution in [-0.4, -0.2) is 16.6 Å². The number of fused-ring (bicyclic) bond motifs is 6. The number of rotatable bonds is 7. The third-order valence-corrected chi connectivity index (χ3v) is 12.5. The number of aromatic nitrogens is 2. The summed E-state index contributed by atoms with van der Waals surface area (Å²) in [7, 11) is 0. The lowest BCUT2D eigenvalue weighted by molar-refractivity contribution is 0.483. The van der Waals surface area contributed by atoms with E-state index in [4.69, 9.17) is 23.4 Å². The second-order valence-electron chi connectivity index (χ2n) is 18.9. The maximum Gasteiger partial charge on any atom is 0.137 e. The average molecular weight is 882 g/mol. The highest BCUT2D eigenvalue weighted by Gasteiger charge is 2.34. The molecule has 0 spiro atoms. The molecule has 2 aliphatic rings. The average Bonchev–Trinajstić information content (AvgIpc) is 3.81. The molecular weight excluding hydrogens is 819 g/mol. The maximum absolute atomic E-state index is 9.16. The monoisotopic (exact) mass is 881 g/mol. The van der Waals surface area contributed by atoms with Crippen molar-refractivity contribution in [3.63, 3.8) is 0 Å².